The van der Waals surface area contributed by atoms with E-state index in [1.807, 2.05) is 0 Å². The predicted molar refractivity (Wildman–Crippen MR) is 92.5 cm³/mol. The Morgan fingerprint density at radius 3 is 2.64 bits per heavy atom. The SMILES string of the molecule is O=C(Cc1ccc(Cl)cn1)NC1(CNC(=O)c2ccc(=O)[nH]c2)CC1. The Bertz CT molecular complexity index is 823. The zero-order chi connectivity index (χ0) is 17.9. The van der Waals surface area contributed by atoms with E-state index >= 15 is 0 Å². The lowest BCUT2D eigenvalue weighted by Crippen LogP contribution is -2.46. The van der Waals surface area contributed by atoms with Crippen LogP contribution in [0.1, 0.15) is 28.9 Å². The first kappa shape index (κ1) is 17.2. The third kappa shape index (κ3) is 4.67. The van der Waals surface area contributed by atoms with E-state index in [4.69, 9.17) is 11.6 Å². The summed E-state index contributed by atoms with van der Waals surface area (Å²) < 4.78 is 0. The Hall–Kier alpha value is -2.67. The number of aromatic nitrogens is 2. The molecule has 7 nitrogen and oxygen atoms in total. The zero-order valence-electron chi connectivity index (χ0n) is 13.3. The molecule has 0 bridgehead atoms. The maximum atomic E-state index is 12.2. The van der Waals surface area contributed by atoms with Gasteiger partial charge in [0, 0.05) is 30.7 Å². The van der Waals surface area contributed by atoms with Gasteiger partial charge in [0.15, 0.2) is 0 Å². The van der Waals surface area contributed by atoms with Gasteiger partial charge in [-0.15, -0.1) is 0 Å². The Balaban J connectivity index is 1.51. The summed E-state index contributed by atoms with van der Waals surface area (Å²) in [4.78, 5) is 41.8. The number of H-pyrrole nitrogens is 1. The van der Waals surface area contributed by atoms with Crippen molar-refractivity contribution >= 4 is 23.4 Å². The van der Waals surface area contributed by atoms with Crippen molar-refractivity contribution in [2.24, 2.45) is 0 Å². The summed E-state index contributed by atoms with van der Waals surface area (Å²) in [6, 6.07) is 6.15. The normalized spacial score (nSPS) is 14.6. The first-order valence-corrected chi connectivity index (χ1v) is 8.22. The molecule has 130 valence electrons. The lowest BCUT2D eigenvalue weighted by molar-refractivity contribution is -0.121. The molecule has 1 aliphatic rings. The molecule has 3 N–H and O–H groups in total. The number of amides is 2. The van der Waals surface area contributed by atoms with Crippen LogP contribution >= 0.6 is 11.6 Å². The van der Waals surface area contributed by atoms with Crippen LogP contribution in [0.15, 0.2) is 41.5 Å². The highest BCUT2D eigenvalue weighted by Gasteiger charge is 2.44. The van der Waals surface area contributed by atoms with Gasteiger partial charge in [0.25, 0.3) is 5.91 Å². The first-order valence-electron chi connectivity index (χ1n) is 7.84. The van der Waals surface area contributed by atoms with E-state index < -0.39 is 5.54 Å². The Kier molecular flexibility index (Phi) is 4.85. The fourth-order valence-corrected chi connectivity index (χ4v) is 2.53. The predicted octanol–water partition coefficient (Wildman–Crippen LogP) is 1.04. The molecule has 25 heavy (non-hydrogen) atoms. The lowest BCUT2D eigenvalue weighted by atomic mass is 10.2. The molecule has 0 aliphatic heterocycles. The van der Waals surface area contributed by atoms with Crippen LogP contribution in [0.4, 0.5) is 0 Å². The van der Waals surface area contributed by atoms with E-state index in [1.165, 1.54) is 24.5 Å². The van der Waals surface area contributed by atoms with Crippen LogP contribution in [-0.4, -0.2) is 33.9 Å². The third-order valence-corrected chi connectivity index (χ3v) is 4.25. The summed E-state index contributed by atoms with van der Waals surface area (Å²) in [6.45, 7) is 0.338. The van der Waals surface area contributed by atoms with Gasteiger partial charge in [-0.3, -0.25) is 19.4 Å². The Morgan fingerprint density at radius 1 is 1.24 bits per heavy atom. The van der Waals surface area contributed by atoms with E-state index in [1.54, 1.807) is 12.1 Å². The van der Waals surface area contributed by atoms with Crippen molar-refractivity contribution in [3.63, 3.8) is 0 Å². The van der Waals surface area contributed by atoms with Crippen LogP contribution in [0.5, 0.6) is 0 Å². The van der Waals surface area contributed by atoms with Crippen LogP contribution < -0.4 is 16.2 Å². The molecule has 0 spiro atoms. The molecule has 0 radical (unpaired) electrons. The van der Waals surface area contributed by atoms with Gasteiger partial charge in [0.05, 0.1) is 22.5 Å². The second kappa shape index (κ2) is 7.06. The van der Waals surface area contributed by atoms with Gasteiger partial charge in [0.2, 0.25) is 11.5 Å². The number of nitrogens with one attached hydrogen (secondary N) is 3. The molecule has 2 aromatic heterocycles. The van der Waals surface area contributed by atoms with Gasteiger partial charge in [-0.25, -0.2) is 0 Å². The van der Waals surface area contributed by atoms with Crippen LogP contribution in [0.2, 0.25) is 5.02 Å². The summed E-state index contributed by atoms with van der Waals surface area (Å²) in [7, 11) is 0. The molecule has 1 saturated carbocycles. The van der Waals surface area contributed by atoms with Gasteiger partial charge in [-0.05, 0) is 31.0 Å². The molecule has 2 heterocycles. The number of halogens is 1. The minimum absolute atomic E-state index is 0.148. The molecule has 8 heteroatoms. The van der Waals surface area contributed by atoms with E-state index in [0.717, 1.165) is 12.8 Å². The highest BCUT2D eigenvalue weighted by atomic mass is 35.5. The van der Waals surface area contributed by atoms with Crippen molar-refractivity contribution in [3.05, 3.63) is 63.3 Å². The monoisotopic (exact) mass is 360 g/mol. The smallest absolute Gasteiger partial charge is 0.252 e. The van der Waals surface area contributed by atoms with Crippen LogP contribution in [0.25, 0.3) is 0 Å². The minimum atomic E-state index is -0.401. The largest absolute Gasteiger partial charge is 0.350 e. The van der Waals surface area contributed by atoms with Crippen molar-refractivity contribution < 1.29 is 9.59 Å². The van der Waals surface area contributed by atoms with Gasteiger partial charge in [-0.1, -0.05) is 11.6 Å². The number of hydrogen-bond acceptors (Lipinski definition) is 4. The van der Waals surface area contributed by atoms with E-state index in [2.05, 4.69) is 20.6 Å². The molecule has 0 aromatic carbocycles. The van der Waals surface area contributed by atoms with Crippen molar-refractivity contribution in [3.8, 4) is 0 Å². The number of pyridine rings is 2. The summed E-state index contributed by atoms with van der Waals surface area (Å²) >= 11 is 5.77. The number of carbonyl (C=O) groups excluding carboxylic acids is 2. The number of aromatic amines is 1. The summed E-state index contributed by atoms with van der Waals surface area (Å²) in [6.07, 6.45) is 4.63. The number of carbonyl (C=O) groups is 2. The van der Waals surface area contributed by atoms with E-state index in [-0.39, 0.29) is 23.8 Å². The third-order valence-electron chi connectivity index (χ3n) is 4.02. The zero-order valence-corrected chi connectivity index (χ0v) is 14.1. The van der Waals surface area contributed by atoms with Crippen molar-refractivity contribution in [2.45, 2.75) is 24.8 Å². The van der Waals surface area contributed by atoms with Gasteiger partial charge in [-0.2, -0.15) is 0 Å². The first-order chi connectivity index (χ1) is 12.0. The minimum Gasteiger partial charge on any atom is -0.350 e. The molecule has 2 aromatic rings. The molecular formula is C17H17ClN4O3. The number of hydrogen-bond donors (Lipinski definition) is 3. The lowest BCUT2D eigenvalue weighted by Gasteiger charge is -2.18. The Labute approximate surface area is 148 Å². The quantitative estimate of drug-likeness (QED) is 0.716. The van der Waals surface area contributed by atoms with Crippen LogP contribution in [0, 0.1) is 0 Å². The Morgan fingerprint density at radius 2 is 2.04 bits per heavy atom. The van der Waals surface area contributed by atoms with Gasteiger partial charge in [0.1, 0.15) is 0 Å². The summed E-state index contributed by atoms with van der Waals surface area (Å²) in [5, 5.41) is 6.27. The van der Waals surface area contributed by atoms with E-state index in [0.29, 0.717) is 22.8 Å². The topological polar surface area (TPSA) is 104 Å². The molecule has 0 unspecified atom stereocenters. The number of nitrogens with zero attached hydrogens (tertiary/aromatic N) is 1. The van der Waals surface area contributed by atoms with Crippen molar-refractivity contribution in [1.82, 2.24) is 20.6 Å². The van der Waals surface area contributed by atoms with E-state index in [9.17, 15) is 14.4 Å². The van der Waals surface area contributed by atoms with Crippen molar-refractivity contribution in [2.75, 3.05) is 6.54 Å². The van der Waals surface area contributed by atoms with Crippen LogP contribution in [-0.2, 0) is 11.2 Å². The molecular weight excluding hydrogens is 344 g/mol. The van der Waals surface area contributed by atoms with Gasteiger partial charge < -0.3 is 15.6 Å². The summed E-state index contributed by atoms with van der Waals surface area (Å²) in [5.74, 6) is -0.443. The van der Waals surface area contributed by atoms with Crippen molar-refractivity contribution in [1.29, 1.82) is 0 Å². The van der Waals surface area contributed by atoms with Gasteiger partial charge >= 0.3 is 0 Å². The maximum Gasteiger partial charge on any atom is 0.252 e. The molecule has 2 amide bonds. The molecule has 0 saturated heterocycles. The average Bonchev–Trinajstić information content (AvgIpc) is 3.35. The highest BCUT2D eigenvalue weighted by molar-refractivity contribution is 6.30. The standard InChI is InChI=1S/C17H17ClN4O3/c18-12-2-3-13(19-9-12)7-15(24)22-17(5-6-17)10-21-16(25)11-1-4-14(23)20-8-11/h1-4,8-9H,5-7,10H2,(H,20,23)(H,21,25)(H,22,24). The second-order valence-corrected chi connectivity index (χ2v) is 6.53. The number of rotatable bonds is 6. The maximum absolute atomic E-state index is 12.2. The molecule has 3 rings (SSSR count). The fourth-order valence-electron chi connectivity index (χ4n) is 2.42. The molecule has 0 atom stereocenters. The van der Waals surface area contributed by atoms with Crippen LogP contribution in [0.3, 0.4) is 0 Å². The molecule has 1 fully saturated rings. The second-order valence-electron chi connectivity index (χ2n) is 6.10. The average molecular weight is 361 g/mol. The highest BCUT2D eigenvalue weighted by Crippen LogP contribution is 2.34. The fraction of sp³-hybridized carbons (Fsp3) is 0.294. The summed E-state index contributed by atoms with van der Waals surface area (Å²) in [5.41, 5.74) is 0.335. The molecule has 1 aliphatic carbocycles.